The van der Waals surface area contributed by atoms with Gasteiger partial charge in [-0.2, -0.15) is 0 Å². The van der Waals surface area contributed by atoms with Crippen LogP contribution in [0.1, 0.15) is 29.5 Å². The molecule has 0 spiro atoms. The van der Waals surface area contributed by atoms with Gasteiger partial charge in [0, 0.05) is 39.0 Å². The summed E-state index contributed by atoms with van der Waals surface area (Å²) in [4.78, 5) is 37.9. The molecular weight excluding hydrogens is 434 g/mol. The highest BCUT2D eigenvalue weighted by Crippen LogP contribution is 2.32. The average molecular weight is 468 g/mol. The highest BCUT2D eigenvalue weighted by molar-refractivity contribution is 5.81. The van der Waals surface area contributed by atoms with Gasteiger partial charge in [-0.1, -0.05) is 36.4 Å². The Hall–Kier alpha value is -3.39. The van der Waals surface area contributed by atoms with Gasteiger partial charge in [0.15, 0.2) is 6.61 Å². The fraction of sp³-hybridized carbons (Fsp3) is 0.423. The van der Waals surface area contributed by atoms with Gasteiger partial charge in [0.25, 0.3) is 5.91 Å². The smallest absolute Gasteiger partial charge is 0.303 e. The lowest BCUT2D eigenvalue weighted by atomic mass is 9.87. The van der Waals surface area contributed by atoms with Crippen LogP contribution in [0, 0.1) is 5.92 Å². The number of amides is 2. The lowest BCUT2D eigenvalue weighted by molar-refractivity contribution is -0.146. The molecule has 2 aromatic rings. The van der Waals surface area contributed by atoms with Gasteiger partial charge in [0.2, 0.25) is 5.91 Å². The van der Waals surface area contributed by atoms with E-state index in [0.29, 0.717) is 19.6 Å². The summed E-state index contributed by atoms with van der Waals surface area (Å²) in [5.74, 6) is -0.0396. The molecule has 0 radical (unpaired) electrons. The van der Waals surface area contributed by atoms with Crippen molar-refractivity contribution >= 4 is 17.8 Å². The van der Waals surface area contributed by atoms with E-state index in [-0.39, 0.29) is 30.3 Å². The van der Waals surface area contributed by atoms with Gasteiger partial charge in [-0.05, 0) is 42.3 Å². The number of rotatable bonds is 10. The van der Waals surface area contributed by atoms with Crippen LogP contribution >= 0.6 is 0 Å². The van der Waals surface area contributed by atoms with Gasteiger partial charge in [-0.25, -0.2) is 0 Å². The van der Waals surface area contributed by atoms with E-state index in [1.54, 1.807) is 7.11 Å². The van der Waals surface area contributed by atoms with Crippen LogP contribution in [-0.4, -0.2) is 63.1 Å². The molecule has 1 fully saturated rings. The topological polar surface area (TPSA) is 97.0 Å². The van der Waals surface area contributed by atoms with E-state index in [2.05, 4.69) is 15.5 Å². The number of hydrogen-bond donors (Lipinski definition) is 2. The van der Waals surface area contributed by atoms with E-state index in [1.807, 2.05) is 55.6 Å². The monoisotopic (exact) mass is 467 g/mol. The number of carbonyl (C=O) groups is 3. The van der Waals surface area contributed by atoms with Gasteiger partial charge < -0.3 is 25.0 Å². The SMILES string of the molecule is COc1ccc(CCNC(=O)[C@@H]2CN(C)C[C@@H]2c2cccc(CNC(=O)COC(C)=O)c2)cc1. The first kappa shape index (κ1) is 25.2. The van der Waals surface area contributed by atoms with Crippen molar-refractivity contribution in [3.05, 3.63) is 65.2 Å². The van der Waals surface area contributed by atoms with Crippen LogP contribution < -0.4 is 15.4 Å². The average Bonchev–Trinajstić information content (AvgIpc) is 3.24. The number of methoxy groups -OCH3 is 1. The van der Waals surface area contributed by atoms with Gasteiger partial charge in [-0.3, -0.25) is 14.4 Å². The van der Waals surface area contributed by atoms with Gasteiger partial charge in [-0.15, -0.1) is 0 Å². The normalized spacial score (nSPS) is 17.7. The minimum absolute atomic E-state index is 0.0583. The number of carbonyl (C=O) groups excluding carboxylic acids is 3. The minimum atomic E-state index is -0.490. The molecule has 0 saturated carbocycles. The maximum absolute atomic E-state index is 13.0. The second-order valence-electron chi connectivity index (χ2n) is 8.63. The summed E-state index contributed by atoms with van der Waals surface area (Å²) in [5, 5.41) is 5.86. The van der Waals surface area contributed by atoms with Crippen molar-refractivity contribution in [3.63, 3.8) is 0 Å². The molecule has 34 heavy (non-hydrogen) atoms. The summed E-state index contributed by atoms with van der Waals surface area (Å²) in [6.07, 6.45) is 0.755. The zero-order chi connectivity index (χ0) is 24.5. The number of benzene rings is 2. The molecule has 2 amide bonds. The molecule has 1 saturated heterocycles. The molecule has 0 aromatic heterocycles. The van der Waals surface area contributed by atoms with E-state index in [4.69, 9.17) is 9.47 Å². The van der Waals surface area contributed by atoms with Crippen LogP contribution in [0.15, 0.2) is 48.5 Å². The molecule has 2 N–H and O–H groups in total. The van der Waals surface area contributed by atoms with E-state index >= 15 is 0 Å². The molecule has 1 heterocycles. The summed E-state index contributed by atoms with van der Waals surface area (Å²) in [6.45, 7) is 3.37. The van der Waals surface area contributed by atoms with Crippen molar-refractivity contribution in [2.75, 3.05) is 40.4 Å². The van der Waals surface area contributed by atoms with E-state index in [9.17, 15) is 14.4 Å². The Balaban J connectivity index is 1.56. The number of esters is 1. The van der Waals surface area contributed by atoms with Gasteiger partial charge in [0.05, 0.1) is 13.0 Å². The molecule has 182 valence electrons. The molecule has 1 aliphatic rings. The van der Waals surface area contributed by atoms with Crippen molar-refractivity contribution in [2.45, 2.75) is 25.8 Å². The molecule has 0 unspecified atom stereocenters. The number of nitrogens with zero attached hydrogens (tertiary/aromatic N) is 1. The van der Waals surface area contributed by atoms with Crippen molar-refractivity contribution in [3.8, 4) is 5.75 Å². The first-order chi connectivity index (χ1) is 16.4. The fourth-order valence-corrected chi connectivity index (χ4v) is 4.21. The Morgan fingerprint density at radius 2 is 1.79 bits per heavy atom. The summed E-state index contributed by atoms with van der Waals surface area (Å²) in [7, 11) is 3.67. The number of nitrogens with one attached hydrogen (secondary N) is 2. The number of likely N-dealkylation sites (N-methyl/N-ethyl adjacent to an activating group) is 1. The van der Waals surface area contributed by atoms with E-state index < -0.39 is 5.97 Å². The molecule has 8 heteroatoms. The van der Waals surface area contributed by atoms with Crippen LogP contribution in [0.25, 0.3) is 0 Å². The van der Waals surface area contributed by atoms with Crippen molar-refractivity contribution in [1.29, 1.82) is 0 Å². The summed E-state index contributed by atoms with van der Waals surface area (Å²) >= 11 is 0. The maximum Gasteiger partial charge on any atom is 0.303 e. The third kappa shape index (κ3) is 7.31. The maximum atomic E-state index is 13.0. The highest BCUT2D eigenvalue weighted by atomic mass is 16.5. The predicted octanol–water partition coefficient (Wildman–Crippen LogP) is 1.88. The molecule has 0 aliphatic carbocycles. The number of likely N-dealkylation sites (tertiary alicyclic amines) is 1. The van der Waals surface area contributed by atoms with Crippen LogP contribution in [0.4, 0.5) is 0 Å². The van der Waals surface area contributed by atoms with Crippen molar-refractivity contribution in [1.82, 2.24) is 15.5 Å². The van der Waals surface area contributed by atoms with E-state index in [0.717, 1.165) is 35.4 Å². The van der Waals surface area contributed by atoms with E-state index in [1.165, 1.54) is 6.92 Å². The molecule has 1 aliphatic heterocycles. The number of hydrogen-bond acceptors (Lipinski definition) is 6. The second-order valence-corrected chi connectivity index (χ2v) is 8.63. The van der Waals surface area contributed by atoms with Crippen molar-refractivity contribution < 1.29 is 23.9 Å². The number of ether oxygens (including phenoxy) is 2. The lowest BCUT2D eigenvalue weighted by Gasteiger charge is -2.19. The van der Waals surface area contributed by atoms with Crippen LogP contribution in [-0.2, 0) is 32.1 Å². The van der Waals surface area contributed by atoms with Crippen LogP contribution in [0.3, 0.4) is 0 Å². The second kappa shape index (κ2) is 12.2. The Kier molecular flexibility index (Phi) is 9.04. The highest BCUT2D eigenvalue weighted by Gasteiger charge is 2.36. The van der Waals surface area contributed by atoms with Crippen LogP contribution in [0.5, 0.6) is 5.75 Å². The first-order valence-electron chi connectivity index (χ1n) is 11.4. The molecule has 0 bridgehead atoms. The Morgan fingerprint density at radius 1 is 1.03 bits per heavy atom. The minimum Gasteiger partial charge on any atom is -0.497 e. The largest absolute Gasteiger partial charge is 0.497 e. The Morgan fingerprint density at radius 3 is 2.50 bits per heavy atom. The van der Waals surface area contributed by atoms with Crippen molar-refractivity contribution in [2.24, 2.45) is 5.92 Å². The lowest BCUT2D eigenvalue weighted by Crippen LogP contribution is -2.35. The molecule has 3 rings (SSSR count). The standard InChI is InChI=1S/C26H33N3O5/c1-18(30)34-17-25(31)28-14-20-5-4-6-21(13-20)23-15-29(2)16-24(23)26(32)27-12-11-19-7-9-22(33-3)10-8-19/h4-10,13,23-24H,11-12,14-17H2,1-3H3,(H,27,32)(H,28,31)/t23-,24-/m1/s1. The van der Waals surface area contributed by atoms with Gasteiger partial charge in [0.1, 0.15) is 5.75 Å². The zero-order valence-corrected chi connectivity index (χ0v) is 20.0. The summed E-state index contributed by atoms with van der Waals surface area (Å²) in [5.41, 5.74) is 3.15. The zero-order valence-electron chi connectivity index (χ0n) is 20.0. The molecule has 8 nitrogen and oxygen atoms in total. The fourth-order valence-electron chi connectivity index (χ4n) is 4.21. The first-order valence-corrected chi connectivity index (χ1v) is 11.4. The predicted molar refractivity (Wildman–Crippen MR) is 128 cm³/mol. The third-order valence-electron chi connectivity index (χ3n) is 5.99. The third-order valence-corrected chi connectivity index (χ3v) is 5.99. The molecule has 2 atom stereocenters. The Labute approximate surface area is 200 Å². The Bertz CT molecular complexity index is 992. The van der Waals surface area contributed by atoms with Crippen LogP contribution in [0.2, 0.25) is 0 Å². The molecular formula is C26H33N3O5. The quantitative estimate of drug-likeness (QED) is 0.518. The molecule has 2 aromatic carbocycles. The summed E-state index contributed by atoms with van der Waals surface area (Å²) in [6, 6.07) is 15.8. The van der Waals surface area contributed by atoms with Gasteiger partial charge >= 0.3 is 5.97 Å². The summed E-state index contributed by atoms with van der Waals surface area (Å²) < 4.78 is 9.90.